The quantitative estimate of drug-likeness (QED) is 0.625. The lowest BCUT2D eigenvalue weighted by atomic mass is 10.3. The van der Waals surface area contributed by atoms with Crippen LogP contribution in [0.1, 0.15) is 19.8 Å². The summed E-state index contributed by atoms with van der Waals surface area (Å²) >= 11 is 0. The molecule has 1 N–H and O–H groups in total. The minimum absolute atomic E-state index is 0.0606. The van der Waals surface area contributed by atoms with Crippen molar-refractivity contribution in [3.63, 3.8) is 0 Å². The molecule has 0 aliphatic carbocycles. The van der Waals surface area contributed by atoms with Gasteiger partial charge in [0.05, 0.1) is 6.54 Å². The van der Waals surface area contributed by atoms with E-state index in [2.05, 4.69) is 5.92 Å². The molecule has 0 aromatic heterocycles. The maximum absolute atomic E-state index is 11.2. The van der Waals surface area contributed by atoms with Crippen molar-refractivity contribution < 1.29 is 14.7 Å². The van der Waals surface area contributed by atoms with Crippen LogP contribution in [-0.4, -0.2) is 35.0 Å². The minimum atomic E-state index is -1.04. The number of hydrogen-bond acceptors (Lipinski definition) is 2. The van der Waals surface area contributed by atoms with E-state index in [1.165, 1.54) is 0 Å². The van der Waals surface area contributed by atoms with Gasteiger partial charge in [-0.3, -0.25) is 9.59 Å². The summed E-state index contributed by atoms with van der Waals surface area (Å²) in [7, 11) is 0. The molecule has 0 aliphatic rings. The van der Waals surface area contributed by atoms with E-state index in [0.29, 0.717) is 12.8 Å². The standard InChI is InChI=1S/C9H13NO3/c1-3-5-8(11)10(6-4-2)7-9(12)13/h2H,3,5-7H2,1H3,(H,12,13). The fourth-order valence-electron chi connectivity index (χ4n) is 0.878. The highest BCUT2D eigenvalue weighted by Gasteiger charge is 2.13. The maximum Gasteiger partial charge on any atom is 0.323 e. The lowest BCUT2D eigenvalue weighted by molar-refractivity contribution is -0.144. The van der Waals surface area contributed by atoms with Crippen LogP contribution in [0, 0.1) is 12.3 Å². The van der Waals surface area contributed by atoms with Crippen LogP contribution in [0.15, 0.2) is 0 Å². The third-order valence-electron chi connectivity index (χ3n) is 1.42. The number of carbonyl (C=O) groups excluding carboxylic acids is 1. The number of carbonyl (C=O) groups is 2. The number of carboxylic acids is 1. The van der Waals surface area contributed by atoms with Gasteiger partial charge in [0, 0.05) is 6.42 Å². The van der Waals surface area contributed by atoms with E-state index in [-0.39, 0.29) is 19.0 Å². The Kier molecular flexibility index (Phi) is 5.37. The third kappa shape index (κ3) is 4.86. The van der Waals surface area contributed by atoms with Crippen LogP contribution < -0.4 is 0 Å². The molecule has 0 atom stereocenters. The van der Waals surface area contributed by atoms with Crippen LogP contribution in [0.2, 0.25) is 0 Å². The molecule has 4 nitrogen and oxygen atoms in total. The molecule has 0 saturated heterocycles. The molecule has 1 amide bonds. The Balaban J connectivity index is 4.16. The highest BCUT2D eigenvalue weighted by molar-refractivity contribution is 5.81. The zero-order valence-corrected chi connectivity index (χ0v) is 7.62. The van der Waals surface area contributed by atoms with E-state index in [0.717, 1.165) is 4.90 Å². The highest BCUT2D eigenvalue weighted by atomic mass is 16.4. The number of nitrogens with zero attached hydrogens (tertiary/aromatic N) is 1. The summed E-state index contributed by atoms with van der Waals surface area (Å²) in [5, 5.41) is 8.47. The van der Waals surface area contributed by atoms with Crippen LogP contribution >= 0.6 is 0 Å². The van der Waals surface area contributed by atoms with Crippen molar-refractivity contribution >= 4 is 11.9 Å². The van der Waals surface area contributed by atoms with Gasteiger partial charge < -0.3 is 10.0 Å². The molecule has 0 fully saturated rings. The van der Waals surface area contributed by atoms with Gasteiger partial charge in [-0.25, -0.2) is 0 Å². The van der Waals surface area contributed by atoms with Gasteiger partial charge in [0.2, 0.25) is 5.91 Å². The van der Waals surface area contributed by atoms with Crippen LogP contribution in [0.3, 0.4) is 0 Å². The number of terminal acetylenes is 1. The summed E-state index contributed by atoms with van der Waals surface area (Å²) in [5.74, 6) is 1.01. The number of hydrogen-bond donors (Lipinski definition) is 1. The van der Waals surface area contributed by atoms with Gasteiger partial charge in [-0.05, 0) is 6.42 Å². The fourth-order valence-corrected chi connectivity index (χ4v) is 0.878. The van der Waals surface area contributed by atoms with Gasteiger partial charge in [-0.15, -0.1) is 6.42 Å². The van der Waals surface area contributed by atoms with Crippen molar-refractivity contribution in [2.24, 2.45) is 0 Å². The SMILES string of the molecule is C#CCN(CC(=O)O)C(=O)CCC. The Morgan fingerprint density at radius 2 is 2.15 bits per heavy atom. The molecule has 0 aliphatic heterocycles. The molecule has 0 rings (SSSR count). The normalized spacial score (nSPS) is 8.92. The van der Waals surface area contributed by atoms with Gasteiger partial charge in [0.15, 0.2) is 0 Å². The third-order valence-corrected chi connectivity index (χ3v) is 1.42. The van der Waals surface area contributed by atoms with E-state index >= 15 is 0 Å². The number of carboxylic acid groups (broad SMARTS) is 1. The Bertz CT molecular complexity index is 230. The second-order valence-electron chi connectivity index (χ2n) is 2.60. The molecule has 0 aromatic rings. The van der Waals surface area contributed by atoms with Crippen molar-refractivity contribution in [1.82, 2.24) is 4.90 Å². The second-order valence-corrected chi connectivity index (χ2v) is 2.60. The van der Waals surface area contributed by atoms with E-state index in [4.69, 9.17) is 11.5 Å². The van der Waals surface area contributed by atoms with Gasteiger partial charge in [0.25, 0.3) is 0 Å². The van der Waals surface area contributed by atoms with Gasteiger partial charge in [-0.2, -0.15) is 0 Å². The molecule has 0 saturated carbocycles. The average molecular weight is 183 g/mol. The fraction of sp³-hybridized carbons (Fsp3) is 0.556. The largest absolute Gasteiger partial charge is 0.480 e. The first-order chi connectivity index (χ1) is 6.11. The number of amides is 1. The van der Waals surface area contributed by atoms with Crippen molar-refractivity contribution in [2.75, 3.05) is 13.1 Å². The lowest BCUT2D eigenvalue weighted by Crippen LogP contribution is -2.35. The molecule has 4 heteroatoms. The molecule has 0 bridgehead atoms. The molecule has 0 aromatic carbocycles. The zero-order valence-electron chi connectivity index (χ0n) is 7.62. The summed E-state index contributed by atoms with van der Waals surface area (Å²) in [6, 6.07) is 0. The van der Waals surface area contributed by atoms with E-state index in [1.54, 1.807) is 0 Å². The van der Waals surface area contributed by atoms with E-state index in [9.17, 15) is 9.59 Å². The highest BCUT2D eigenvalue weighted by Crippen LogP contribution is 1.96. The van der Waals surface area contributed by atoms with Crippen molar-refractivity contribution in [3.05, 3.63) is 0 Å². The summed E-state index contributed by atoms with van der Waals surface area (Å²) in [6.45, 7) is 1.60. The lowest BCUT2D eigenvalue weighted by Gasteiger charge is -2.17. The maximum atomic E-state index is 11.2. The van der Waals surface area contributed by atoms with Gasteiger partial charge in [-0.1, -0.05) is 12.8 Å². The molecule has 72 valence electrons. The minimum Gasteiger partial charge on any atom is -0.480 e. The molecule has 13 heavy (non-hydrogen) atoms. The van der Waals surface area contributed by atoms with Gasteiger partial charge >= 0.3 is 5.97 Å². The number of rotatable bonds is 5. The van der Waals surface area contributed by atoms with Crippen molar-refractivity contribution in [3.8, 4) is 12.3 Å². The molecular formula is C9H13NO3. The average Bonchev–Trinajstić information content (AvgIpc) is 2.03. The predicted molar refractivity (Wildman–Crippen MR) is 48.0 cm³/mol. The molecule has 0 heterocycles. The Hall–Kier alpha value is -1.50. The monoisotopic (exact) mass is 183 g/mol. The summed E-state index contributed by atoms with van der Waals surface area (Å²) in [4.78, 5) is 22.7. The Morgan fingerprint density at radius 1 is 1.54 bits per heavy atom. The zero-order chi connectivity index (χ0) is 10.3. The van der Waals surface area contributed by atoms with Crippen LogP contribution in [0.25, 0.3) is 0 Å². The topological polar surface area (TPSA) is 57.6 Å². The van der Waals surface area contributed by atoms with Crippen molar-refractivity contribution in [2.45, 2.75) is 19.8 Å². The van der Waals surface area contributed by atoms with Crippen LogP contribution in [0.4, 0.5) is 0 Å². The molecular weight excluding hydrogens is 170 g/mol. The predicted octanol–water partition coefficient (Wildman–Crippen LogP) is 0.333. The van der Waals surface area contributed by atoms with E-state index < -0.39 is 5.97 Å². The molecule has 0 spiro atoms. The first-order valence-electron chi connectivity index (χ1n) is 4.04. The van der Waals surface area contributed by atoms with E-state index in [1.807, 2.05) is 6.92 Å². The Labute approximate surface area is 77.5 Å². The van der Waals surface area contributed by atoms with Crippen molar-refractivity contribution in [1.29, 1.82) is 0 Å². The summed E-state index contributed by atoms with van der Waals surface area (Å²) in [6.07, 6.45) is 6.04. The van der Waals surface area contributed by atoms with Crippen LogP contribution in [0.5, 0.6) is 0 Å². The molecule has 0 radical (unpaired) electrons. The summed E-state index contributed by atoms with van der Waals surface area (Å²) in [5.41, 5.74) is 0. The van der Waals surface area contributed by atoms with Crippen LogP contribution in [-0.2, 0) is 9.59 Å². The smallest absolute Gasteiger partial charge is 0.323 e. The Morgan fingerprint density at radius 3 is 2.54 bits per heavy atom. The summed E-state index contributed by atoms with van der Waals surface area (Å²) < 4.78 is 0. The first kappa shape index (κ1) is 11.5. The first-order valence-corrected chi connectivity index (χ1v) is 4.04. The van der Waals surface area contributed by atoms with Gasteiger partial charge in [0.1, 0.15) is 6.54 Å². The second kappa shape index (κ2) is 6.06. The molecule has 0 unspecified atom stereocenters. The number of aliphatic carboxylic acids is 1.